The van der Waals surface area contributed by atoms with Gasteiger partial charge in [0.1, 0.15) is 0 Å². The number of carbonyl (C=O) groups is 5. The Morgan fingerprint density at radius 1 is 0.643 bits per heavy atom. The largest absolute Gasteiger partial charge is 0.480 e. The van der Waals surface area contributed by atoms with Gasteiger partial charge in [0.25, 0.3) is 0 Å². The van der Waals surface area contributed by atoms with E-state index in [2.05, 4.69) is 0 Å². The van der Waals surface area contributed by atoms with E-state index in [1.807, 2.05) is 0 Å². The Morgan fingerprint density at radius 3 is 1.21 bits per heavy atom. The van der Waals surface area contributed by atoms with E-state index in [0.29, 0.717) is 0 Å². The Hall–Kier alpha value is -2.77. The summed E-state index contributed by atoms with van der Waals surface area (Å²) in [7, 11) is 0. The normalized spacial score (nSPS) is 20.2. The van der Waals surface area contributed by atoms with Crippen molar-refractivity contribution in [2.75, 3.05) is 45.8 Å². The molecule has 0 spiro atoms. The molecule has 2 atom stereocenters. The van der Waals surface area contributed by atoms with Gasteiger partial charge in [0, 0.05) is 25.2 Å². The lowest BCUT2D eigenvalue weighted by molar-refractivity contribution is -0.147. The van der Waals surface area contributed by atoms with Crippen molar-refractivity contribution in [3.8, 4) is 0 Å². The van der Waals surface area contributed by atoms with Crippen LogP contribution < -0.4 is 0 Å². The molecule has 0 amide bonds. The molecule has 1 fully saturated rings. The maximum atomic E-state index is 11.1. The molecule has 0 saturated carbocycles. The number of carboxylic acids is 5. The monoisotopic (exact) mass is 405 g/mol. The van der Waals surface area contributed by atoms with Crippen LogP contribution in [0.2, 0.25) is 0 Å². The van der Waals surface area contributed by atoms with Gasteiger partial charge in [0.15, 0.2) is 0 Å². The van der Waals surface area contributed by atoms with Crippen LogP contribution in [0.15, 0.2) is 0 Å². The lowest BCUT2D eigenvalue weighted by Gasteiger charge is -2.44. The van der Waals surface area contributed by atoms with Gasteiger partial charge in [-0.2, -0.15) is 0 Å². The van der Waals surface area contributed by atoms with Gasteiger partial charge in [-0.3, -0.25) is 38.7 Å². The average Bonchev–Trinajstić information content (AvgIpc) is 2.50. The predicted molar refractivity (Wildman–Crippen MR) is 90.0 cm³/mol. The van der Waals surface area contributed by atoms with Crippen molar-refractivity contribution in [3.05, 3.63) is 0 Å². The third-order valence-corrected chi connectivity index (χ3v) is 4.23. The van der Waals surface area contributed by atoms with E-state index in [-0.39, 0.29) is 19.5 Å². The topological polar surface area (TPSA) is 196 Å². The fraction of sp³-hybridized carbons (Fsp3) is 0.667. The molecule has 0 aromatic rings. The number of aliphatic carboxylic acids is 5. The fourth-order valence-corrected chi connectivity index (χ4v) is 3.31. The maximum absolute atomic E-state index is 11.1. The highest BCUT2D eigenvalue weighted by Crippen LogP contribution is 2.21. The second kappa shape index (κ2) is 10.5. The van der Waals surface area contributed by atoms with Gasteiger partial charge < -0.3 is 25.5 Å². The molecule has 0 aromatic heterocycles. The summed E-state index contributed by atoms with van der Waals surface area (Å²) >= 11 is 0. The van der Waals surface area contributed by atoms with Crippen LogP contribution in [-0.4, -0.2) is 128 Å². The molecule has 1 saturated heterocycles. The summed E-state index contributed by atoms with van der Waals surface area (Å²) in [6.45, 7) is -2.76. The van der Waals surface area contributed by atoms with E-state index in [9.17, 15) is 24.0 Å². The van der Waals surface area contributed by atoms with Crippen LogP contribution in [0.3, 0.4) is 0 Å². The molecule has 28 heavy (non-hydrogen) atoms. The molecule has 1 heterocycles. The van der Waals surface area contributed by atoms with Gasteiger partial charge in [-0.1, -0.05) is 0 Å². The van der Waals surface area contributed by atoms with E-state index in [0.717, 1.165) is 9.80 Å². The van der Waals surface area contributed by atoms with Crippen molar-refractivity contribution in [1.29, 1.82) is 0 Å². The molecule has 0 aliphatic carbocycles. The van der Waals surface area contributed by atoms with Crippen LogP contribution >= 0.6 is 0 Å². The number of hydrogen-bond acceptors (Lipinski definition) is 8. The summed E-state index contributed by atoms with van der Waals surface area (Å²) in [4.78, 5) is 59.2. The van der Waals surface area contributed by atoms with Gasteiger partial charge in [-0.25, -0.2) is 0 Å². The lowest BCUT2D eigenvalue weighted by Crippen LogP contribution is -2.60. The van der Waals surface area contributed by atoms with Crippen molar-refractivity contribution in [3.63, 3.8) is 0 Å². The molecule has 13 nitrogen and oxygen atoms in total. The van der Waals surface area contributed by atoms with E-state index in [1.165, 1.54) is 4.90 Å². The summed E-state index contributed by atoms with van der Waals surface area (Å²) in [5, 5.41) is 45.2. The number of likely N-dealkylation sites (tertiary alicyclic amines) is 1. The molecule has 1 aliphatic rings. The number of piperidine rings is 1. The first-order chi connectivity index (χ1) is 13.0. The van der Waals surface area contributed by atoms with Crippen LogP contribution in [0.25, 0.3) is 0 Å². The third kappa shape index (κ3) is 8.28. The van der Waals surface area contributed by atoms with Crippen LogP contribution in [0.1, 0.15) is 6.42 Å². The summed E-state index contributed by atoms with van der Waals surface area (Å²) in [6, 6.07) is -1.43. The van der Waals surface area contributed by atoms with Gasteiger partial charge in [-0.05, 0) is 6.42 Å². The average molecular weight is 405 g/mol. The smallest absolute Gasteiger partial charge is 0.317 e. The van der Waals surface area contributed by atoms with Crippen molar-refractivity contribution in [1.82, 2.24) is 14.7 Å². The fourth-order valence-electron chi connectivity index (χ4n) is 3.31. The molecule has 5 N–H and O–H groups in total. The van der Waals surface area contributed by atoms with Crippen molar-refractivity contribution in [2.24, 2.45) is 0 Å². The zero-order valence-corrected chi connectivity index (χ0v) is 14.9. The van der Waals surface area contributed by atoms with Crippen molar-refractivity contribution < 1.29 is 49.5 Å². The first kappa shape index (κ1) is 23.3. The van der Waals surface area contributed by atoms with Crippen LogP contribution in [0.5, 0.6) is 0 Å². The highest BCUT2D eigenvalue weighted by molar-refractivity contribution is 5.73. The minimum atomic E-state index is -1.28. The van der Waals surface area contributed by atoms with Crippen molar-refractivity contribution in [2.45, 2.75) is 18.5 Å². The highest BCUT2D eigenvalue weighted by Gasteiger charge is 2.37. The highest BCUT2D eigenvalue weighted by atomic mass is 16.4. The van der Waals surface area contributed by atoms with Crippen LogP contribution in [0, 0.1) is 0 Å². The second-order valence-electron chi connectivity index (χ2n) is 6.52. The molecular weight excluding hydrogens is 382 g/mol. The third-order valence-electron chi connectivity index (χ3n) is 4.23. The summed E-state index contributed by atoms with van der Waals surface area (Å²) in [5.41, 5.74) is 0. The Morgan fingerprint density at radius 2 is 0.964 bits per heavy atom. The van der Waals surface area contributed by atoms with Gasteiger partial charge in [0.05, 0.1) is 32.7 Å². The Kier molecular flexibility index (Phi) is 8.76. The SMILES string of the molecule is O=C(O)CN1C[C@H](N(CC(=O)O)CC(=O)O)C[C@H](N(CC(=O)O)CC(=O)O)C1. The Labute approximate surface area is 159 Å². The number of carboxylic acid groups (broad SMARTS) is 5. The predicted octanol–water partition coefficient (Wildman–Crippen LogP) is -2.54. The molecule has 0 radical (unpaired) electrons. The molecule has 0 unspecified atom stereocenters. The quantitative estimate of drug-likeness (QED) is 0.228. The van der Waals surface area contributed by atoms with Crippen molar-refractivity contribution >= 4 is 29.8 Å². The number of rotatable bonds is 12. The molecular formula is C15H23N3O10. The van der Waals surface area contributed by atoms with Gasteiger partial charge in [-0.15, -0.1) is 0 Å². The van der Waals surface area contributed by atoms with Gasteiger partial charge in [0.2, 0.25) is 0 Å². The first-order valence-electron chi connectivity index (χ1n) is 8.27. The standard InChI is InChI=1S/C15H23N3O10/c19-11(20)4-16-2-9(17(5-12(21)22)6-13(23)24)1-10(3-16)18(7-14(25)26)8-15(27)28/h9-10H,1-8H2,(H,19,20)(H,21,22)(H,23,24)(H,25,26)(H,27,28)/t9-,10+. The Bertz CT molecular complexity index is 549. The summed E-state index contributed by atoms with van der Waals surface area (Å²) in [6.07, 6.45) is 0.0945. The molecule has 0 bridgehead atoms. The number of hydrogen-bond donors (Lipinski definition) is 5. The van der Waals surface area contributed by atoms with Gasteiger partial charge >= 0.3 is 29.8 Å². The lowest BCUT2D eigenvalue weighted by atomic mass is 9.97. The second-order valence-corrected chi connectivity index (χ2v) is 6.52. The first-order valence-corrected chi connectivity index (χ1v) is 8.27. The zero-order chi connectivity index (χ0) is 21.4. The van der Waals surface area contributed by atoms with E-state index in [1.54, 1.807) is 0 Å². The summed E-state index contributed by atoms with van der Waals surface area (Å²) < 4.78 is 0. The summed E-state index contributed by atoms with van der Waals surface area (Å²) in [5.74, 6) is -6.28. The molecule has 1 rings (SSSR count). The van der Waals surface area contributed by atoms with E-state index >= 15 is 0 Å². The minimum absolute atomic E-state index is 0.0529. The minimum Gasteiger partial charge on any atom is -0.480 e. The zero-order valence-electron chi connectivity index (χ0n) is 14.9. The molecule has 158 valence electrons. The van der Waals surface area contributed by atoms with Crippen LogP contribution in [-0.2, 0) is 24.0 Å². The van der Waals surface area contributed by atoms with Crippen LogP contribution in [0.4, 0.5) is 0 Å². The molecule has 0 aromatic carbocycles. The van der Waals surface area contributed by atoms with E-state index in [4.69, 9.17) is 25.5 Å². The maximum Gasteiger partial charge on any atom is 0.317 e. The molecule has 13 heteroatoms. The van der Waals surface area contributed by atoms with E-state index < -0.39 is 74.7 Å². The number of nitrogens with zero attached hydrogens (tertiary/aromatic N) is 3. The Balaban J connectivity index is 3.12. The molecule has 1 aliphatic heterocycles.